The molecule has 1 aromatic carbocycles. The zero-order chi connectivity index (χ0) is 10.6. The van der Waals surface area contributed by atoms with Crippen LogP contribution in [0.4, 0.5) is 5.69 Å². The summed E-state index contributed by atoms with van der Waals surface area (Å²) in [5, 5.41) is 28.9. The van der Waals surface area contributed by atoms with Crippen LogP contribution in [-0.2, 0) is 4.79 Å². The lowest BCUT2D eigenvalue weighted by atomic mass is 10.2. The minimum absolute atomic E-state index is 0.0917. The van der Waals surface area contributed by atoms with Gasteiger partial charge in [0.25, 0.3) is 5.91 Å². The van der Waals surface area contributed by atoms with Gasteiger partial charge < -0.3 is 20.6 Å². The molecule has 1 atom stereocenters. The number of para-hydroxylation sites is 2. The summed E-state index contributed by atoms with van der Waals surface area (Å²) < 4.78 is 0. The molecule has 76 valence electrons. The third kappa shape index (κ3) is 2.45. The van der Waals surface area contributed by atoms with Gasteiger partial charge in [-0.1, -0.05) is 12.1 Å². The second kappa shape index (κ2) is 4.59. The Balaban J connectivity index is 2.70. The van der Waals surface area contributed by atoms with E-state index in [0.29, 0.717) is 0 Å². The summed E-state index contributed by atoms with van der Waals surface area (Å²) in [6, 6.07) is 6.12. The van der Waals surface area contributed by atoms with E-state index in [-0.39, 0.29) is 11.4 Å². The molecule has 1 amide bonds. The molecule has 0 saturated heterocycles. The lowest BCUT2D eigenvalue weighted by molar-refractivity contribution is -0.125. The van der Waals surface area contributed by atoms with Crippen LogP contribution in [0, 0.1) is 0 Å². The molecule has 1 unspecified atom stereocenters. The number of rotatable bonds is 3. The van der Waals surface area contributed by atoms with Crippen molar-refractivity contribution in [2.75, 3.05) is 11.9 Å². The van der Waals surface area contributed by atoms with Gasteiger partial charge in [0, 0.05) is 0 Å². The van der Waals surface area contributed by atoms with E-state index < -0.39 is 18.6 Å². The number of aromatic hydroxyl groups is 1. The van der Waals surface area contributed by atoms with Gasteiger partial charge in [0.2, 0.25) is 0 Å². The molecule has 14 heavy (non-hydrogen) atoms. The molecule has 0 aliphatic rings. The minimum atomic E-state index is -1.48. The summed E-state index contributed by atoms with van der Waals surface area (Å²) in [6.45, 7) is -0.653. The monoisotopic (exact) mass is 197 g/mol. The van der Waals surface area contributed by atoms with Crippen LogP contribution in [0.15, 0.2) is 24.3 Å². The number of anilines is 1. The molecule has 0 heterocycles. The van der Waals surface area contributed by atoms with Crippen molar-refractivity contribution in [3.63, 3.8) is 0 Å². The maximum absolute atomic E-state index is 11.1. The van der Waals surface area contributed by atoms with Crippen molar-refractivity contribution in [3.8, 4) is 5.75 Å². The third-order valence-corrected chi connectivity index (χ3v) is 1.64. The number of carbonyl (C=O) groups excluding carboxylic acids is 1. The molecule has 1 aromatic rings. The molecule has 0 aliphatic heterocycles. The van der Waals surface area contributed by atoms with Crippen LogP contribution in [0.25, 0.3) is 0 Å². The summed E-state index contributed by atoms with van der Waals surface area (Å²) in [7, 11) is 0. The number of aliphatic hydroxyl groups excluding tert-OH is 2. The third-order valence-electron chi connectivity index (χ3n) is 1.64. The van der Waals surface area contributed by atoms with E-state index in [0.717, 1.165) is 0 Å². The fraction of sp³-hybridized carbons (Fsp3) is 0.222. The van der Waals surface area contributed by atoms with Crippen molar-refractivity contribution < 1.29 is 20.1 Å². The van der Waals surface area contributed by atoms with Crippen molar-refractivity contribution in [1.29, 1.82) is 0 Å². The van der Waals surface area contributed by atoms with E-state index in [9.17, 15) is 9.90 Å². The van der Waals surface area contributed by atoms with Crippen molar-refractivity contribution in [1.82, 2.24) is 0 Å². The SMILES string of the molecule is O=C(Nc1ccccc1O)C(O)CO. The quantitative estimate of drug-likeness (QED) is 0.500. The van der Waals surface area contributed by atoms with Crippen LogP contribution >= 0.6 is 0 Å². The van der Waals surface area contributed by atoms with Gasteiger partial charge in [0.1, 0.15) is 5.75 Å². The molecule has 0 fully saturated rings. The Hall–Kier alpha value is -1.59. The first-order valence-electron chi connectivity index (χ1n) is 4.03. The highest BCUT2D eigenvalue weighted by molar-refractivity contribution is 5.95. The van der Waals surface area contributed by atoms with Gasteiger partial charge in [-0.15, -0.1) is 0 Å². The number of benzene rings is 1. The molecule has 5 heteroatoms. The molecule has 0 saturated carbocycles. The number of hydrogen-bond donors (Lipinski definition) is 4. The van der Waals surface area contributed by atoms with Gasteiger partial charge in [-0.3, -0.25) is 4.79 Å². The van der Waals surface area contributed by atoms with Gasteiger partial charge in [-0.25, -0.2) is 0 Å². The van der Waals surface area contributed by atoms with E-state index in [1.807, 2.05) is 0 Å². The summed E-state index contributed by atoms with van der Waals surface area (Å²) in [5.41, 5.74) is 0.199. The Labute approximate surface area is 80.6 Å². The summed E-state index contributed by atoms with van der Waals surface area (Å²) in [5.74, 6) is -0.847. The van der Waals surface area contributed by atoms with Crippen LogP contribution in [0.2, 0.25) is 0 Å². The van der Waals surface area contributed by atoms with E-state index in [1.165, 1.54) is 12.1 Å². The molecule has 0 bridgehead atoms. The zero-order valence-corrected chi connectivity index (χ0v) is 7.34. The van der Waals surface area contributed by atoms with Crippen LogP contribution in [0.1, 0.15) is 0 Å². The maximum Gasteiger partial charge on any atom is 0.255 e. The summed E-state index contributed by atoms with van der Waals surface area (Å²) in [6.07, 6.45) is -1.48. The number of phenolic OH excluding ortho intramolecular Hbond substituents is 1. The van der Waals surface area contributed by atoms with E-state index >= 15 is 0 Å². The van der Waals surface area contributed by atoms with Crippen LogP contribution in [0.5, 0.6) is 5.75 Å². The molecule has 1 rings (SSSR count). The highest BCUT2D eigenvalue weighted by Gasteiger charge is 2.14. The van der Waals surface area contributed by atoms with E-state index in [1.54, 1.807) is 12.1 Å². The van der Waals surface area contributed by atoms with Gasteiger partial charge in [-0.2, -0.15) is 0 Å². The largest absolute Gasteiger partial charge is 0.506 e. The Kier molecular flexibility index (Phi) is 3.44. The van der Waals surface area contributed by atoms with Crippen molar-refractivity contribution >= 4 is 11.6 Å². The maximum atomic E-state index is 11.1. The predicted octanol–water partition coefficient (Wildman–Crippen LogP) is -0.316. The van der Waals surface area contributed by atoms with Gasteiger partial charge in [0.05, 0.1) is 12.3 Å². The predicted molar refractivity (Wildman–Crippen MR) is 49.8 cm³/mol. The second-order valence-corrected chi connectivity index (χ2v) is 2.70. The average molecular weight is 197 g/mol. The van der Waals surface area contributed by atoms with E-state index in [2.05, 4.69) is 5.32 Å². The Morgan fingerprint density at radius 2 is 2.07 bits per heavy atom. The normalized spacial score (nSPS) is 12.1. The number of amides is 1. The smallest absolute Gasteiger partial charge is 0.255 e. The first-order chi connectivity index (χ1) is 6.65. The number of carbonyl (C=O) groups is 1. The van der Waals surface area contributed by atoms with Crippen molar-refractivity contribution in [2.45, 2.75) is 6.10 Å². The lowest BCUT2D eigenvalue weighted by Crippen LogP contribution is -2.30. The topological polar surface area (TPSA) is 89.8 Å². The minimum Gasteiger partial charge on any atom is -0.506 e. The molecular formula is C9H11NO4. The second-order valence-electron chi connectivity index (χ2n) is 2.70. The van der Waals surface area contributed by atoms with Gasteiger partial charge >= 0.3 is 0 Å². The van der Waals surface area contributed by atoms with Crippen LogP contribution < -0.4 is 5.32 Å². The molecule has 5 nitrogen and oxygen atoms in total. The Morgan fingerprint density at radius 1 is 1.43 bits per heavy atom. The zero-order valence-electron chi connectivity index (χ0n) is 7.34. The highest BCUT2D eigenvalue weighted by Crippen LogP contribution is 2.21. The van der Waals surface area contributed by atoms with Crippen molar-refractivity contribution in [3.05, 3.63) is 24.3 Å². The Morgan fingerprint density at radius 3 is 2.64 bits per heavy atom. The first kappa shape index (κ1) is 10.5. The van der Waals surface area contributed by atoms with Gasteiger partial charge in [-0.05, 0) is 12.1 Å². The van der Waals surface area contributed by atoms with Gasteiger partial charge in [0.15, 0.2) is 6.10 Å². The fourth-order valence-corrected chi connectivity index (χ4v) is 0.878. The number of nitrogens with one attached hydrogen (secondary N) is 1. The number of hydrogen-bond acceptors (Lipinski definition) is 4. The molecular weight excluding hydrogens is 186 g/mol. The number of aliphatic hydroxyl groups is 2. The Bertz CT molecular complexity index is 326. The molecule has 4 N–H and O–H groups in total. The average Bonchev–Trinajstić information content (AvgIpc) is 2.20. The summed E-state index contributed by atoms with van der Waals surface area (Å²) >= 11 is 0. The highest BCUT2D eigenvalue weighted by atomic mass is 16.3. The standard InChI is InChI=1S/C9H11NO4/c11-5-8(13)9(14)10-6-3-1-2-4-7(6)12/h1-4,8,11-13H,5H2,(H,10,14). The number of phenols is 1. The molecule has 0 radical (unpaired) electrons. The van der Waals surface area contributed by atoms with Crippen LogP contribution in [-0.4, -0.2) is 33.9 Å². The fourth-order valence-electron chi connectivity index (χ4n) is 0.878. The molecule has 0 aromatic heterocycles. The lowest BCUT2D eigenvalue weighted by Gasteiger charge is -2.09. The molecule has 0 aliphatic carbocycles. The van der Waals surface area contributed by atoms with Crippen molar-refractivity contribution in [2.24, 2.45) is 0 Å². The molecule has 0 spiro atoms. The first-order valence-corrected chi connectivity index (χ1v) is 4.03. The van der Waals surface area contributed by atoms with E-state index in [4.69, 9.17) is 10.2 Å². The summed E-state index contributed by atoms with van der Waals surface area (Å²) in [4.78, 5) is 11.1. The van der Waals surface area contributed by atoms with Crippen LogP contribution in [0.3, 0.4) is 0 Å².